The summed E-state index contributed by atoms with van der Waals surface area (Å²) in [6.45, 7) is 5.30. The molecule has 1 rings (SSSR count). The van der Waals surface area contributed by atoms with Crippen LogP contribution in [0, 0.1) is 0 Å². The van der Waals surface area contributed by atoms with E-state index in [1.807, 2.05) is 0 Å². The normalized spacial score (nSPS) is 20.5. The van der Waals surface area contributed by atoms with Gasteiger partial charge in [-0.05, 0) is 27.2 Å². The molecule has 1 aliphatic heterocycles. The van der Waals surface area contributed by atoms with Crippen LogP contribution in [0.15, 0.2) is 12.3 Å². The van der Waals surface area contributed by atoms with Gasteiger partial charge in [0.05, 0.1) is 0 Å². The Morgan fingerprint density at radius 3 is 2.53 bits per heavy atom. The molecule has 0 radical (unpaired) electrons. The van der Waals surface area contributed by atoms with E-state index < -0.39 is 23.6 Å². The summed E-state index contributed by atoms with van der Waals surface area (Å²) in [4.78, 5) is 23.9. The molecule has 0 aliphatic carbocycles. The third kappa shape index (κ3) is 2.97. The maximum atomic E-state index is 11.6. The minimum absolute atomic E-state index is 0.453. The Morgan fingerprint density at radius 2 is 2.07 bits per heavy atom. The van der Waals surface area contributed by atoms with E-state index in [2.05, 4.69) is 0 Å². The van der Waals surface area contributed by atoms with Crippen molar-refractivity contribution in [2.24, 2.45) is 5.73 Å². The molecular formula is C10H16N2O3. The number of primary amides is 1. The second-order valence-corrected chi connectivity index (χ2v) is 4.43. The van der Waals surface area contributed by atoms with Crippen LogP contribution in [0.25, 0.3) is 0 Å². The van der Waals surface area contributed by atoms with Crippen LogP contribution < -0.4 is 5.73 Å². The fourth-order valence-corrected chi connectivity index (χ4v) is 1.28. The molecule has 0 fully saturated rings. The number of nitrogens with two attached hydrogens (primary N) is 1. The molecular weight excluding hydrogens is 196 g/mol. The van der Waals surface area contributed by atoms with Gasteiger partial charge in [-0.15, -0.1) is 0 Å². The second-order valence-electron chi connectivity index (χ2n) is 4.43. The maximum absolute atomic E-state index is 11.6. The van der Waals surface area contributed by atoms with Gasteiger partial charge in [-0.2, -0.15) is 0 Å². The van der Waals surface area contributed by atoms with Gasteiger partial charge in [0, 0.05) is 6.20 Å². The average Bonchev–Trinajstić information content (AvgIpc) is 2.47. The zero-order chi connectivity index (χ0) is 11.6. The van der Waals surface area contributed by atoms with E-state index in [4.69, 9.17) is 10.5 Å². The number of nitrogens with zero attached hydrogens (tertiary/aromatic N) is 1. The van der Waals surface area contributed by atoms with Crippen LogP contribution >= 0.6 is 0 Å². The van der Waals surface area contributed by atoms with Crippen molar-refractivity contribution >= 4 is 12.0 Å². The zero-order valence-corrected chi connectivity index (χ0v) is 9.19. The lowest BCUT2D eigenvalue weighted by molar-refractivity contribution is -0.121. The first-order valence-corrected chi connectivity index (χ1v) is 4.78. The molecule has 1 unspecified atom stereocenters. The van der Waals surface area contributed by atoms with Crippen LogP contribution in [0.3, 0.4) is 0 Å². The standard InChI is InChI=1S/C10H16N2O3/c1-10(2,3)15-9(14)12-6-4-5-7(12)8(11)13/h4,6-7H,5H2,1-3H3,(H2,11,13). The molecule has 1 atom stereocenters. The molecule has 15 heavy (non-hydrogen) atoms. The van der Waals surface area contributed by atoms with Gasteiger partial charge in [-0.25, -0.2) is 4.79 Å². The molecule has 2 amide bonds. The summed E-state index contributed by atoms with van der Waals surface area (Å²) in [5, 5.41) is 0. The maximum Gasteiger partial charge on any atom is 0.415 e. The van der Waals surface area contributed by atoms with E-state index in [0.29, 0.717) is 6.42 Å². The quantitative estimate of drug-likeness (QED) is 0.704. The van der Waals surface area contributed by atoms with E-state index in [0.717, 1.165) is 0 Å². The molecule has 5 heteroatoms. The highest BCUT2D eigenvalue weighted by Gasteiger charge is 2.32. The van der Waals surface area contributed by atoms with Crippen LogP contribution in [0.4, 0.5) is 4.79 Å². The predicted octanol–water partition coefficient (Wildman–Crippen LogP) is 0.995. The molecule has 0 saturated carbocycles. The fourth-order valence-electron chi connectivity index (χ4n) is 1.28. The number of ether oxygens (including phenoxy) is 1. The van der Waals surface area contributed by atoms with Crippen molar-refractivity contribution in [3.05, 3.63) is 12.3 Å². The number of hydrogen-bond acceptors (Lipinski definition) is 3. The summed E-state index contributed by atoms with van der Waals surface area (Å²) >= 11 is 0. The monoisotopic (exact) mass is 212 g/mol. The van der Waals surface area contributed by atoms with Crippen molar-refractivity contribution in [3.63, 3.8) is 0 Å². The minimum Gasteiger partial charge on any atom is -0.443 e. The highest BCUT2D eigenvalue weighted by atomic mass is 16.6. The lowest BCUT2D eigenvalue weighted by atomic mass is 10.2. The van der Waals surface area contributed by atoms with Crippen LogP contribution in [0.1, 0.15) is 27.2 Å². The van der Waals surface area contributed by atoms with Crippen LogP contribution in [-0.4, -0.2) is 28.5 Å². The molecule has 1 heterocycles. The summed E-state index contributed by atoms with van der Waals surface area (Å²) < 4.78 is 5.13. The molecule has 0 aromatic heterocycles. The Balaban J connectivity index is 2.67. The van der Waals surface area contributed by atoms with Gasteiger partial charge in [-0.3, -0.25) is 9.69 Å². The van der Waals surface area contributed by atoms with E-state index in [1.165, 1.54) is 11.1 Å². The number of amides is 2. The lowest BCUT2D eigenvalue weighted by Gasteiger charge is -2.26. The van der Waals surface area contributed by atoms with Gasteiger partial charge in [0.15, 0.2) is 0 Å². The fraction of sp³-hybridized carbons (Fsp3) is 0.600. The van der Waals surface area contributed by atoms with Gasteiger partial charge in [0.1, 0.15) is 11.6 Å². The number of rotatable bonds is 1. The van der Waals surface area contributed by atoms with E-state index in [9.17, 15) is 9.59 Å². The van der Waals surface area contributed by atoms with Crippen LogP contribution in [0.2, 0.25) is 0 Å². The lowest BCUT2D eigenvalue weighted by Crippen LogP contribution is -2.44. The van der Waals surface area contributed by atoms with Gasteiger partial charge in [-0.1, -0.05) is 6.08 Å². The Kier molecular flexibility index (Phi) is 3.02. The Labute approximate surface area is 88.9 Å². The molecule has 5 nitrogen and oxygen atoms in total. The van der Waals surface area contributed by atoms with Gasteiger partial charge >= 0.3 is 6.09 Å². The van der Waals surface area contributed by atoms with Gasteiger partial charge < -0.3 is 10.5 Å². The third-order valence-corrected chi connectivity index (χ3v) is 1.89. The summed E-state index contributed by atoms with van der Waals surface area (Å²) in [5.74, 6) is -0.522. The topological polar surface area (TPSA) is 72.6 Å². The molecule has 0 bridgehead atoms. The summed E-state index contributed by atoms with van der Waals surface area (Å²) in [7, 11) is 0. The third-order valence-electron chi connectivity index (χ3n) is 1.89. The van der Waals surface area contributed by atoms with Crippen molar-refractivity contribution in [1.29, 1.82) is 0 Å². The number of hydrogen-bond donors (Lipinski definition) is 1. The Morgan fingerprint density at radius 1 is 1.47 bits per heavy atom. The van der Waals surface area contributed by atoms with Crippen LogP contribution in [-0.2, 0) is 9.53 Å². The van der Waals surface area contributed by atoms with Gasteiger partial charge in [0.25, 0.3) is 0 Å². The minimum atomic E-state index is -0.611. The van der Waals surface area contributed by atoms with E-state index >= 15 is 0 Å². The molecule has 0 aromatic rings. The van der Waals surface area contributed by atoms with E-state index in [1.54, 1.807) is 26.8 Å². The summed E-state index contributed by atoms with van der Waals surface area (Å²) in [6, 6.07) is -0.611. The predicted molar refractivity (Wildman–Crippen MR) is 54.8 cm³/mol. The first kappa shape index (κ1) is 11.6. The van der Waals surface area contributed by atoms with Crippen molar-refractivity contribution in [1.82, 2.24) is 4.90 Å². The van der Waals surface area contributed by atoms with Crippen molar-refractivity contribution in [3.8, 4) is 0 Å². The Hall–Kier alpha value is -1.52. The average molecular weight is 212 g/mol. The molecule has 2 N–H and O–H groups in total. The molecule has 0 saturated heterocycles. The Bertz CT molecular complexity index is 304. The van der Waals surface area contributed by atoms with Crippen molar-refractivity contribution in [2.45, 2.75) is 38.8 Å². The zero-order valence-electron chi connectivity index (χ0n) is 9.19. The van der Waals surface area contributed by atoms with Crippen molar-refractivity contribution < 1.29 is 14.3 Å². The summed E-state index contributed by atoms with van der Waals surface area (Å²) in [6.07, 6.45) is 3.16. The molecule has 84 valence electrons. The first-order chi connectivity index (χ1) is 6.81. The SMILES string of the molecule is CC(C)(C)OC(=O)N1C=CCC1C(N)=O. The largest absolute Gasteiger partial charge is 0.443 e. The molecule has 0 aromatic carbocycles. The van der Waals surface area contributed by atoms with Crippen LogP contribution in [0.5, 0.6) is 0 Å². The second kappa shape index (κ2) is 3.92. The highest BCUT2D eigenvalue weighted by Crippen LogP contribution is 2.18. The first-order valence-electron chi connectivity index (χ1n) is 4.78. The number of carbonyl (C=O) groups is 2. The highest BCUT2D eigenvalue weighted by molar-refractivity contribution is 5.85. The smallest absolute Gasteiger partial charge is 0.415 e. The number of carbonyl (C=O) groups excluding carboxylic acids is 2. The summed E-state index contributed by atoms with van der Waals surface area (Å²) in [5.41, 5.74) is 4.59. The van der Waals surface area contributed by atoms with E-state index in [-0.39, 0.29) is 0 Å². The molecule has 0 spiro atoms. The van der Waals surface area contributed by atoms with Crippen molar-refractivity contribution in [2.75, 3.05) is 0 Å². The van der Waals surface area contributed by atoms with Gasteiger partial charge in [0.2, 0.25) is 5.91 Å². The molecule has 1 aliphatic rings.